The maximum Gasteiger partial charge on any atom is 0.0434 e. The number of hydrogen-bond acceptors (Lipinski definition) is 1. The first-order chi connectivity index (χ1) is 14.8. The number of hydrogen-bond donors (Lipinski definition) is 0. The lowest BCUT2D eigenvalue weighted by atomic mass is 9.87. The molecule has 0 saturated heterocycles. The third kappa shape index (κ3) is 2.05. The second-order valence-corrected chi connectivity index (χ2v) is 9.14. The summed E-state index contributed by atoms with van der Waals surface area (Å²) in [5.41, 5.74) is 3.85. The largest absolute Gasteiger partial charge is 0.142 e. The molecule has 0 amide bonds. The fourth-order valence-electron chi connectivity index (χ4n) is 5.12. The molecule has 0 spiro atoms. The van der Waals surface area contributed by atoms with Crippen molar-refractivity contribution in [2.45, 2.75) is 6.92 Å². The molecular formula is C29H18S. The molecule has 0 atom stereocenters. The van der Waals surface area contributed by atoms with E-state index in [0.29, 0.717) is 0 Å². The van der Waals surface area contributed by atoms with Gasteiger partial charge in [0.1, 0.15) is 0 Å². The van der Waals surface area contributed by atoms with Gasteiger partial charge < -0.3 is 0 Å². The highest BCUT2D eigenvalue weighted by Gasteiger charge is 2.19. The summed E-state index contributed by atoms with van der Waals surface area (Å²) in [6.45, 7) is 2.15. The summed E-state index contributed by atoms with van der Waals surface area (Å²) in [6.07, 6.45) is 0. The van der Waals surface area contributed by atoms with Crippen LogP contribution in [0.5, 0.6) is 0 Å². The Hall–Kier alpha value is -3.42. The summed E-state index contributed by atoms with van der Waals surface area (Å²) in [4.78, 5) is 0. The first-order valence-corrected chi connectivity index (χ1v) is 11.2. The lowest BCUT2D eigenvalue weighted by Gasteiger charge is -2.16. The minimum atomic E-state index is 1.27. The van der Waals surface area contributed by atoms with Crippen LogP contribution in [0.4, 0.5) is 0 Å². The van der Waals surface area contributed by atoms with E-state index in [9.17, 15) is 0 Å². The number of rotatable bonds is 1. The SMILES string of the molecule is Cc1ccc(-c2cc3c4ccccc4c4csc5c6ccccc6c(c2)c3c45)cc1. The monoisotopic (exact) mass is 398 g/mol. The van der Waals surface area contributed by atoms with Crippen LogP contribution in [-0.4, -0.2) is 0 Å². The third-order valence-corrected chi connectivity index (χ3v) is 7.55. The van der Waals surface area contributed by atoms with Gasteiger partial charge in [0.2, 0.25) is 0 Å². The zero-order valence-corrected chi connectivity index (χ0v) is 17.4. The van der Waals surface area contributed by atoms with Crippen LogP contribution in [0.25, 0.3) is 64.3 Å². The standard InChI is InChI=1S/C29H18S/c1-17-10-12-18(13-11-17)19-14-24-20-6-2-3-7-21(20)26-16-30-29-23-9-5-4-8-22(23)25(15-19)27(24)28(26)29/h2-16H,1H3. The Kier molecular flexibility index (Phi) is 3.17. The quantitative estimate of drug-likeness (QED) is 0.191. The molecule has 0 aliphatic heterocycles. The van der Waals surface area contributed by atoms with Gasteiger partial charge in [-0.15, -0.1) is 11.3 Å². The molecule has 0 unspecified atom stereocenters. The molecule has 0 bridgehead atoms. The van der Waals surface area contributed by atoms with Crippen LogP contribution in [-0.2, 0) is 0 Å². The molecule has 0 saturated carbocycles. The van der Waals surface area contributed by atoms with E-state index >= 15 is 0 Å². The molecule has 30 heavy (non-hydrogen) atoms. The highest BCUT2D eigenvalue weighted by molar-refractivity contribution is 7.19. The minimum Gasteiger partial charge on any atom is -0.142 e. The van der Waals surface area contributed by atoms with Gasteiger partial charge in [0.15, 0.2) is 0 Å². The number of benzene rings is 6. The molecule has 6 aromatic carbocycles. The molecule has 7 aromatic rings. The summed E-state index contributed by atoms with van der Waals surface area (Å²) in [5.74, 6) is 0. The Morgan fingerprint density at radius 3 is 1.73 bits per heavy atom. The van der Waals surface area contributed by atoms with E-state index in [1.165, 1.54) is 69.9 Å². The van der Waals surface area contributed by atoms with Gasteiger partial charge in [0.25, 0.3) is 0 Å². The van der Waals surface area contributed by atoms with Crippen LogP contribution in [0.2, 0.25) is 0 Å². The van der Waals surface area contributed by atoms with Gasteiger partial charge >= 0.3 is 0 Å². The second-order valence-electron chi connectivity index (χ2n) is 8.26. The Bertz CT molecular complexity index is 1630. The van der Waals surface area contributed by atoms with Gasteiger partial charge in [-0.1, -0.05) is 78.4 Å². The van der Waals surface area contributed by atoms with Crippen molar-refractivity contribution in [3.8, 4) is 11.1 Å². The second kappa shape index (κ2) is 5.81. The van der Waals surface area contributed by atoms with Crippen molar-refractivity contribution in [1.29, 1.82) is 0 Å². The maximum atomic E-state index is 2.40. The van der Waals surface area contributed by atoms with Gasteiger partial charge in [-0.05, 0) is 67.9 Å². The zero-order chi connectivity index (χ0) is 19.8. The Morgan fingerprint density at radius 2 is 1.07 bits per heavy atom. The molecule has 0 aliphatic carbocycles. The molecule has 1 heterocycles. The molecule has 1 aromatic heterocycles. The summed E-state index contributed by atoms with van der Waals surface area (Å²) in [7, 11) is 0. The van der Waals surface area contributed by atoms with Crippen molar-refractivity contribution in [3.05, 3.63) is 95.9 Å². The fraction of sp³-hybridized carbons (Fsp3) is 0.0345. The van der Waals surface area contributed by atoms with Crippen molar-refractivity contribution < 1.29 is 0 Å². The van der Waals surface area contributed by atoms with E-state index in [0.717, 1.165) is 0 Å². The first-order valence-electron chi connectivity index (χ1n) is 10.4. The molecular weight excluding hydrogens is 380 g/mol. The van der Waals surface area contributed by atoms with E-state index in [1.54, 1.807) is 0 Å². The summed E-state index contributed by atoms with van der Waals surface area (Å²) >= 11 is 1.88. The van der Waals surface area contributed by atoms with Crippen LogP contribution in [0.15, 0.2) is 90.3 Å². The van der Waals surface area contributed by atoms with Gasteiger partial charge in [0, 0.05) is 20.9 Å². The minimum absolute atomic E-state index is 1.27. The van der Waals surface area contributed by atoms with E-state index in [-0.39, 0.29) is 0 Å². The highest BCUT2D eigenvalue weighted by atomic mass is 32.1. The predicted octanol–water partition coefficient (Wildman–Crippen LogP) is 8.93. The lowest BCUT2D eigenvalue weighted by molar-refractivity contribution is 1.47. The highest BCUT2D eigenvalue weighted by Crippen LogP contribution is 2.48. The molecule has 0 fully saturated rings. The van der Waals surface area contributed by atoms with E-state index in [2.05, 4.69) is 97.2 Å². The Balaban J connectivity index is 1.80. The van der Waals surface area contributed by atoms with Crippen LogP contribution >= 0.6 is 11.3 Å². The van der Waals surface area contributed by atoms with Crippen LogP contribution in [0.3, 0.4) is 0 Å². The molecule has 0 nitrogen and oxygen atoms in total. The number of thiophene rings is 1. The van der Waals surface area contributed by atoms with Crippen molar-refractivity contribution in [2.75, 3.05) is 0 Å². The van der Waals surface area contributed by atoms with Crippen LogP contribution in [0, 0.1) is 6.92 Å². The van der Waals surface area contributed by atoms with Crippen molar-refractivity contribution in [2.24, 2.45) is 0 Å². The molecule has 140 valence electrons. The summed E-state index contributed by atoms with van der Waals surface area (Å²) in [6, 6.07) is 31.5. The molecule has 0 N–H and O–H groups in total. The molecule has 0 aliphatic rings. The molecule has 1 heteroatoms. The van der Waals surface area contributed by atoms with Crippen molar-refractivity contribution in [3.63, 3.8) is 0 Å². The van der Waals surface area contributed by atoms with Crippen molar-refractivity contribution >= 4 is 64.5 Å². The van der Waals surface area contributed by atoms with Crippen molar-refractivity contribution in [1.82, 2.24) is 0 Å². The van der Waals surface area contributed by atoms with Crippen LogP contribution < -0.4 is 0 Å². The van der Waals surface area contributed by atoms with Gasteiger partial charge in [-0.2, -0.15) is 0 Å². The Labute approximate surface area is 178 Å². The smallest absolute Gasteiger partial charge is 0.0434 e. The molecule has 0 radical (unpaired) electrons. The topological polar surface area (TPSA) is 0 Å². The first kappa shape index (κ1) is 16.4. The summed E-state index contributed by atoms with van der Waals surface area (Å²) < 4.78 is 1.41. The number of aryl methyl sites for hydroxylation is 1. The van der Waals surface area contributed by atoms with Gasteiger partial charge in [-0.25, -0.2) is 0 Å². The average molecular weight is 399 g/mol. The van der Waals surface area contributed by atoms with E-state index in [4.69, 9.17) is 0 Å². The molecule has 7 rings (SSSR count). The third-order valence-electron chi connectivity index (χ3n) is 6.53. The van der Waals surface area contributed by atoms with Gasteiger partial charge in [-0.3, -0.25) is 0 Å². The van der Waals surface area contributed by atoms with Crippen LogP contribution in [0.1, 0.15) is 5.56 Å². The zero-order valence-electron chi connectivity index (χ0n) is 16.6. The maximum absolute atomic E-state index is 2.40. The fourth-order valence-corrected chi connectivity index (χ4v) is 6.24. The van der Waals surface area contributed by atoms with E-state index in [1.807, 2.05) is 11.3 Å². The normalized spacial score (nSPS) is 12.2. The average Bonchev–Trinajstić information content (AvgIpc) is 3.25. The lowest BCUT2D eigenvalue weighted by Crippen LogP contribution is -1.88. The van der Waals surface area contributed by atoms with E-state index < -0.39 is 0 Å². The predicted molar refractivity (Wildman–Crippen MR) is 133 cm³/mol. The number of fused-ring (bicyclic) bond motifs is 6. The van der Waals surface area contributed by atoms with Gasteiger partial charge in [0.05, 0.1) is 0 Å². The Morgan fingerprint density at radius 1 is 0.500 bits per heavy atom. The summed E-state index contributed by atoms with van der Waals surface area (Å²) in [5, 5.41) is 14.7.